The number of alkyl halides is 3. The highest BCUT2D eigenvalue weighted by Gasteiger charge is 2.34. The topological polar surface area (TPSA) is 109 Å². The standard InChI is InChI=1S/C27H25BrF3N5O3/c1-15-25(16(2)36(35-15)14-18-5-3-17(4-6-18)11-24(38)32-9-10-37)34-26(39)21-13-23(27(29,30)31)33-22-8-7-19(28)12-20(21)22/h3-8,12-13,37H,9-11,14H2,1-2H3,(H,32,38)(H,34,39). The molecule has 8 nitrogen and oxygen atoms in total. The number of halogens is 4. The maximum Gasteiger partial charge on any atom is 0.433 e. The van der Waals surface area contributed by atoms with E-state index >= 15 is 0 Å². The molecular weight excluding hydrogens is 579 g/mol. The molecule has 0 aliphatic heterocycles. The van der Waals surface area contributed by atoms with Gasteiger partial charge in [0, 0.05) is 16.4 Å². The number of hydrogen-bond donors (Lipinski definition) is 3. The van der Waals surface area contributed by atoms with E-state index in [1.165, 1.54) is 6.07 Å². The van der Waals surface area contributed by atoms with Crippen molar-refractivity contribution in [2.75, 3.05) is 18.5 Å². The average Bonchev–Trinajstić information content (AvgIpc) is 3.14. The number of hydrogen-bond acceptors (Lipinski definition) is 5. The molecule has 0 aliphatic carbocycles. The minimum atomic E-state index is -4.72. The van der Waals surface area contributed by atoms with Crippen LogP contribution in [0.1, 0.15) is 38.6 Å². The van der Waals surface area contributed by atoms with Crippen LogP contribution in [-0.2, 0) is 23.9 Å². The van der Waals surface area contributed by atoms with Gasteiger partial charge >= 0.3 is 6.18 Å². The van der Waals surface area contributed by atoms with Crippen molar-refractivity contribution < 1.29 is 27.9 Å². The van der Waals surface area contributed by atoms with Gasteiger partial charge in [0.2, 0.25) is 5.91 Å². The molecule has 2 aromatic heterocycles. The first-order valence-corrected chi connectivity index (χ1v) is 12.7. The lowest BCUT2D eigenvalue weighted by atomic mass is 10.1. The first-order chi connectivity index (χ1) is 18.5. The Balaban J connectivity index is 1.56. The number of carbonyl (C=O) groups excluding carboxylic acids is 2. The molecule has 3 N–H and O–H groups in total. The van der Waals surface area contributed by atoms with Crippen LogP contribution in [0.15, 0.2) is 53.0 Å². The molecule has 12 heteroatoms. The summed E-state index contributed by atoms with van der Waals surface area (Å²) in [5, 5.41) is 18.9. The lowest BCUT2D eigenvalue weighted by molar-refractivity contribution is -0.141. The first kappa shape index (κ1) is 28.2. The largest absolute Gasteiger partial charge is 0.433 e. The van der Waals surface area contributed by atoms with E-state index < -0.39 is 17.8 Å². The fraction of sp³-hybridized carbons (Fsp3) is 0.259. The van der Waals surface area contributed by atoms with Crippen molar-refractivity contribution in [2.24, 2.45) is 0 Å². The number of fused-ring (bicyclic) bond motifs is 1. The number of benzene rings is 2. The van der Waals surface area contributed by atoms with Gasteiger partial charge < -0.3 is 15.7 Å². The molecule has 0 aliphatic rings. The summed E-state index contributed by atoms with van der Waals surface area (Å²) in [6, 6.07) is 12.7. The van der Waals surface area contributed by atoms with Crippen LogP contribution in [0.4, 0.5) is 18.9 Å². The summed E-state index contributed by atoms with van der Waals surface area (Å²) in [6.45, 7) is 3.92. The molecule has 2 aromatic carbocycles. The molecular formula is C27H25BrF3N5O3. The van der Waals surface area contributed by atoms with Gasteiger partial charge in [0.1, 0.15) is 5.69 Å². The van der Waals surface area contributed by atoms with Crippen molar-refractivity contribution in [3.63, 3.8) is 0 Å². The third-order valence-electron chi connectivity index (χ3n) is 6.08. The number of nitrogens with one attached hydrogen (secondary N) is 2. The lowest BCUT2D eigenvalue weighted by Gasteiger charge is -2.13. The second-order valence-corrected chi connectivity index (χ2v) is 9.85. The van der Waals surface area contributed by atoms with Crippen molar-refractivity contribution in [3.8, 4) is 0 Å². The fourth-order valence-electron chi connectivity index (χ4n) is 4.12. The minimum absolute atomic E-state index is 0.0524. The van der Waals surface area contributed by atoms with Crippen LogP contribution in [0.5, 0.6) is 0 Å². The Labute approximate surface area is 230 Å². The number of rotatable bonds is 8. The van der Waals surface area contributed by atoms with Gasteiger partial charge in [0.15, 0.2) is 0 Å². The summed E-state index contributed by atoms with van der Waals surface area (Å²) >= 11 is 3.30. The molecule has 204 valence electrons. The molecule has 4 aromatic rings. The lowest BCUT2D eigenvalue weighted by Crippen LogP contribution is -2.27. The zero-order chi connectivity index (χ0) is 28.3. The number of pyridine rings is 1. The van der Waals surface area contributed by atoms with Crippen LogP contribution < -0.4 is 10.6 Å². The maximum atomic E-state index is 13.5. The maximum absolute atomic E-state index is 13.5. The van der Waals surface area contributed by atoms with Crippen molar-refractivity contribution in [2.45, 2.75) is 33.0 Å². The molecule has 0 bridgehead atoms. The molecule has 0 fully saturated rings. The molecule has 0 atom stereocenters. The van der Waals surface area contributed by atoms with E-state index in [9.17, 15) is 22.8 Å². The highest BCUT2D eigenvalue weighted by atomic mass is 79.9. The van der Waals surface area contributed by atoms with Crippen molar-refractivity contribution in [3.05, 3.63) is 86.8 Å². The summed E-state index contributed by atoms with van der Waals surface area (Å²) in [5.74, 6) is -0.895. The number of aliphatic hydroxyl groups excluding tert-OH is 1. The quantitative estimate of drug-likeness (QED) is 0.268. The first-order valence-electron chi connectivity index (χ1n) is 11.9. The number of anilines is 1. The zero-order valence-electron chi connectivity index (χ0n) is 21.1. The van der Waals surface area contributed by atoms with Crippen LogP contribution in [0.2, 0.25) is 0 Å². The highest BCUT2D eigenvalue weighted by molar-refractivity contribution is 9.10. The molecule has 2 heterocycles. The van der Waals surface area contributed by atoms with Gasteiger partial charge in [-0.3, -0.25) is 14.3 Å². The third-order valence-corrected chi connectivity index (χ3v) is 6.57. The van der Waals surface area contributed by atoms with E-state index in [2.05, 4.69) is 36.6 Å². The minimum Gasteiger partial charge on any atom is -0.395 e. The summed E-state index contributed by atoms with van der Waals surface area (Å²) in [7, 11) is 0. The van der Waals surface area contributed by atoms with Crippen LogP contribution in [-0.4, -0.2) is 44.8 Å². The summed E-state index contributed by atoms with van der Waals surface area (Å²) in [4.78, 5) is 28.8. The molecule has 0 saturated carbocycles. The number of carbonyl (C=O) groups is 2. The van der Waals surface area contributed by atoms with Crippen LogP contribution >= 0.6 is 15.9 Å². The Kier molecular flexibility index (Phi) is 8.36. The molecule has 0 saturated heterocycles. The molecule has 39 heavy (non-hydrogen) atoms. The number of aromatic nitrogens is 3. The van der Waals surface area contributed by atoms with Gasteiger partial charge in [-0.15, -0.1) is 0 Å². The fourth-order valence-corrected chi connectivity index (χ4v) is 4.48. The van der Waals surface area contributed by atoms with E-state index in [0.29, 0.717) is 28.1 Å². The molecule has 0 spiro atoms. The second kappa shape index (κ2) is 11.5. The SMILES string of the molecule is Cc1nn(Cc2ccc(CC(=O)NCCO)cc2)c(C)c1NC(=O)c1cc(C(F)(F)F)nc2ccc(Br)cc12. The van der Waals surface area contributed by atoms with Crippen molar-refractivity contribution in [1.82, 2.24) is 20.1 Å². The van der Waals surface area contributed by atoms with E-state index in [0.717, 1.165) is 17.2 Å². The Morgan fingerprint density at radius 1 is 1.05 bits per heavy atom. The van der Waals surface area contributed by atoms with Crippen molar-refractivity contribution in [1.29, 1.82) is 0 Å². The van der Waals surface area contributed by atoms with Gasteiger partial charge in [0.05, 0.1) is 47.7 Å². The monoisotopic (exact) mass is 603 g/mol. The smallest absolute Gasteiger partial charge is 0.395 e. The molecule has 0 radical (unpaired) electrons. The zero-order valence-corrected chi connectivity index (χ0v) is 22.7. The van der Waals surface area contributed by atoms with E-state index in [1.54, 1.807) is 30.7 Å². The van der Waals surface area contributed by atoms with Crippen molar-refractivity contribution >= 4 is 44.3 Å². The Bertz CT molecular complexity index is 1530. The van der Waals surface area contributed by atoms with E-state index in [4.69, 9.17) is 5.11 Å². The van der Waals surface area contributed by atoms with Crippen LogP contribution in [0, 0.1) is 13.8 Å². The van der Waals surface area contributed by atoms with Gasteiger partial charge in [-0.2, -0.15) is 18.3 Å². The van der Waals surface area contributed by atoms with Gasteiger partial charge in [-0.1, -0.05) is 40.2 Å². The predicted octanol–water partition coefficient (Wildman–Crippen LogP) is 4.78. The highest BCUT2D eigenvalue weighted by Crippen LogP contribution is 2.32. The number of aliphatic hydroxyl groups is 1. The van der Waals surface area contributed by atoms with Crippen LogP contribution in [0.25, 0.3) is 10.9 Å². The molecule has 4 rings (SSSR count). The van der Waals surface area contributed by atoms with Gasteiger partial charge in [-0.25, -0.2) is 4.98 Å². The predicted molar refractivity (Wildman–Crippen MR) is 143 cm³/mol. The number of amides is 2. The van der Waals surface area contributed by atoms with E-state index in [-0.39, 0.29) is 41.9 Å². The summed E-state index contributed by atoms with van der Waals surface area (Å²) < 4.78 is 42.8. The molecule has 0 unspecified atom stereocenters. The number of nitrogens with zero attached hydrogens (tertiary/aromatic N) is 3. The summed E-state index contributed by atoms with van der Waals surface area (Å²) in [5.41, 5.74) is 2.00. The third kappa shape index (κ3) is 6.63. The normalized spacial score (nSPS) is 11.6. The molecule has 2 amide bonds. The Hall–Kier alpha value is -3.77. The van der Waals surface area contributed by atoms with E-state index in [1.807, 2.05) is 24.3 Å². The van der Waals surface area contributed by atoms with Gasteiger partial charge in [-0.05, 0) is 49.2 Å². The number of aryl methyl sites for hydroxylation is 1. The second-order valence-electron chi connectivity index (χ2n) is 8.94. The summed E-state index contributed by atoms with van der Waals surface area (Å²) in [6.07, 6.45) is -4.53. The van der Waals surface area contributed by atoms with Crippen LogP contribution in [0.3, 0.4) is 0 Å². The Morgan fingerprint density at radius 2 is 1.74 bits per heavy atom. The Morgan fingerprint density at radius 3 is 2.41 bits per heavy atom. The van der Waals surface area contributed by atoms with Gasteiger partial charge in [0.25, 0.3) is 5.91 Å². The average molecular weight is 604 g/mol.